The highest BCUT2D eigenvalue weighted by Crippen LogP contribution is 2.24. The maximum absolute atomic E-state index is 12.8. The van der Waals surface area contributed by atoms with Crippen molar-refractivity contribution in [1.29, 1.82) is 0 Å². The molecule has 1 aromatic carbocycles. The van der Waals surface area contributed by atoms with Crippen LogP contribution in [0.2, 0.25) is 0 Å². The number of likely N-dealkylation sites (N-methyl/N-ethyl adjacent to an activating group) is 2. The number of amides is 3. The van der Waals surface area contributed by atoms with Crippen LogP contribution in [0, 0.1) is 5.92 Å². The Morgan fingerprint density at radius 2 is 1.85 bits per heavy atom. The Balaban J connectivity index is 1.81. The molecule has 1 aromatic rings. The SMILES string of the molecule is CC(C)CC[N+]1=C(SCCc2ccccc2)N=C2C1C(=O)N(C)C(=O)N2C. The molecule has 0 bridgehead atoms. The van der Waals surface area contributed by atoms with Crippen molar-refractivity contribution < 1.29 is 14.2 Å². The molecule has 27 heavy (non-hydrogen) atoms. The number of hydrogen-bond acceptors (Lipinski definition) is 4. The van der Waals surface area contributed by atoms with E-state index in [0.717, 1.165) is 30.3 Å². The average Bonchev–Trinajstić information content (AvgIpc) is 3.02. The largest absolute Gasteiger partial charge is 0.357 e. The number of hydrogen-bond donors (Lipinski definition) is 0. The Kier molecular flexibility index (Phi) is 5.99. The fraction of sp³-hybridized carbons (Fsp3) is 0.500. The number of rotatable bonds is 6. The number of aliphatic imine (C=N–C) groups is 1. The van der Waals surface area contributed by atoms with Crippen molar-refractivity contribution in [1.82, 2.24) is 9.80 Å². The van der Waals surface area contributed by atoms with Crippen molar-refractivity contribution in [2.24, 2.45) is 10.9 Å². The molecule has 1 saturated heterocycles. The van der Waals surface area contributed by atoms with Crippen LogP contribution < -0.4 is 0 Å². The highest BCUT2D eigenvalue weighted by molar-refractivity contribution is 8.13. The number of carbonyl (C=O) groups excluding carboxylic acids is 2. The summed E-state index contributed by atoms with van der Waals surface area (Å²) in [5.74, 6) is 1.76. The molecule has 0 aliphatic carbocycles. The number of amidine groups is 2. The minimum Gasteiger partial charge on any atom is -0.269 e. The third-order valence-corrected chi connectivity index (χ3v) is 5.90. The predicted molar refractivity (Wildman–Crippen MR) is 109 cm³/mol. The third-order valence-electron chi connectivity index (χ3n) is 4.91. The number of carbonyl (C=O) groups is 2. The summed E-state index contributed by atoms with van der Waals surface area (Å²) in [5.41, 5.74) is 1.28. The standard InChI is InChI=1S/C20H27N4O2S/c1-14(2)10-12-24-16-17(22(3)20(26)23(4)18(16)25)21-19(24)27-13-11-15-8-6-5-7-9-15/h5-9,14,16H,10-13H2,1-4H3/q+1. The lowest BCUT2D eigenvalue weighted by molar-refractivity contribution is -0.534. The number of benzene rings is 1. The second-order valence-electron chi connectivity index (χ2n) is 7.35. The molecule has 7 heteroatoms. The van der Waals surface area contributed by atoms with E-state index in [1.165, 1.54) is 15.4 Å². The van der Waals surface area contributed by atoms with Gasteiger partial charge in [0, 0.05) is 19.8 Å². The van der Waals surface area contributed by atoms with E-state index >= 15 is 0 Å². The summed E-state index contributed by atoms with van der Waals surface area (Å²) in [6.45, 7) is 5.10. The molecule has 1 atom stereocenters. The van der Waals surface area contributed by atoms with Gasteiger partial charge in [-0.05, 0) is 41.1 Å². The third kappa shape index (κ3) is 4.08. The van der Waals surface area contributed by atoms with Crippen LogP contribution in [0.25, 0.3) is 0 Å². The van der Waals surface area contributed by atoms with Gasteiger partial charge in [-0.2, -0.15) is 0 Å². The van der Waals surface area contributed by atoms with Gasteiger partial charge in [0.15, 0.2) is 0 Å². The molecule has 0 aromatic heterocycles. The van der Waals surface area contributed by atoms with Gasteiger partial charge in [0.2, 0.25) is 0 Å². The molecule has 0 N–H and O–H groups in total. The minimum atomic E-state index is -0.490. The summed E-state index contributed by atoms with van der Waals surface area (Å²) in [5, 5.41) is 0.842. The van der Waals surface area contributed by atoms with Crippen LogP contribution in [-0.4, -0.2) is 69.8 Å². The lowest BCUT2D eigenvalue weighted by Gasteiger charge is -2.30. The van der Waals surface area contributed by atoms with E-state index < -0.39 is 6.04 Å². The van der Waals surface area contributed by atoms with Gasteiger partial charge in [-0.1, -0.05) is 44.2 Å². The van der Waals surface area contributed by atoms with Crippen molar-refractivity contribution in [3.8, 4) is 0 Å². The second-order valence-corrected chi connectivity index (χ2v) is 8.42. The highest BCUT2D eigenvalue weighted by Gasteiger charge is 2.52. The smallest absolute Gasteiger partial charge is 0.269 e. The summed E-state index contributed by atoms with van der Waals surface area (Å²) < 4.78 is 2.08. The van der Waals surface area contributed by atoms with E-state index in [1.54, 1.807) is 25.9 Å². The maximum Gasteiger partial charge on any atom is 0.357 e. The molecular weight excluding hydrogens is 360 g/mol. The first-order valence-electron chi connectivity index (χ1n) is 9.34. The van der Waals surface area contributed by atoms with Crippen molar-refractivity contribution in [3.05, 3.63) is 35.9 Å². The molecule has 0 spiro atoms. The zero-order valence-electron chi connectivity index (χ0n) is 16.4. The number of aryl methyl sites for hydroxylation is 1. The summed E-state index contributed by atoms with van der Waals surface area (Å²) >= 11 is 1.66. The minimum absolute atomic E-state index is 0.195. The lowest BCUT2D eigenvalue weighted by atomic mass is 10.1. The topological polar surface area (TPSA) is 56.0 Å². The summed E-state index contributed by atoms with van der Waals surface area (Å²) in [6.07, 6.45) is 1.90. The molecule has 3 rings (SSSR count). The second kappa shape index (κ2) is 8.25. The van der Waals surface area contributed by atoms with Gasteiger partial charge in [0.05, 0.1) is 6.54 Å². The summed E-state index contributed by atoms with van der Waals surface area (Å²) in [6, 6.07) is 9.52. The van der Waals surface area contributed by atoms with Crippen LogP contribution in [0.1, 0.15) is 25.8 Å². The van der Waals surface area contributed by atoms with Crippen LogP contribution in [0.4, 0.5) is 4.79 Å². The van der Waals surface area contributed by atoms with Crippen LogP contribution in [-0.2, 0) is 11.2 Å². The number of urea groups is 1. The molecule has 2 aliphatic heterocycles. The predicted octanol–water partition coefficient (Wildman–Crippen LogP) is 2.68. The van der Waals surface area contributed by atoms with Crippen LogP contribution in [0.3, 0.4) is 0 Å². The number of fused-ring (bicyclic) bond motifs is 1. The van der Waals surface area contributed by atoms with Crippen LogP contribution in [0.15, 0.2) is 35.3 Å². The number of imide groups is 1. The van der Waals surface area contributed by atoms with E-state index in [4.69, 9.17) is 4.99 Å². The summed E-state index contributed by atoms with van der Waals surface area (Å²) in [7, 11) is 3.23. The Morgan fingerprint density at radius 3 is 2.52 bits per heavy atom. The van der Waals surface area contributed by atoms with Crippen molar-refractivity contribution >= 4 is 34.7 Å². The molecule has 0 radical (unpaired) electrons. The van der Waals surface area contributed by atoms with Crippen molar-refractivity contribution in [2.75, 3.05) is 26.4 Å². The van der Waals surface area contributed by atoms with E-state index in [-0.39, 0.29) is 11.9 Å². The van der Waals surface area contributed by atoms with Gasteiger partial charge < -0.3 is 0 Å². The van der Waals surface area contributed by atoms with E-state index in [9.17, 15) is 9.59 Å². The van der Waals surface area contributed by atoms with Gasteiger partial charge in [0.25, 0.3) is 17.8 Å². The first kappa shape index (κ1) is 19.6. The van der Waals surface area contributed by atoms with Gasteiger partial charge >= 0.3 is 11.2 Å². The molecule has 144 valence electrons. The lowest BCUT2D eigenvalue weighted by Crippen LogP contribution is -2.61. The zero-order chi connectivity index (χ0) is 19.6. The van der Waals surface area contributed by atoms with Crippen molar-refractivity contribution in [2.45, 2.75) is 32.7 Å². The Bertz CT molecular complexity index is 788. The average molecular weight is 388 g/mol. The fourth-order valence-corrected chi connectivity index (χ4v) is 4.26. The van der Waals surface area contributed by atoms with Crippen LogP contribution in [0.5, 0.6) is 0 Å². The quantitative estimate of drug-likeness (QED) is 0.705. The molecule has 1 fully saturated rings. The Morgan fingerprint density at radius 1 is 1.15 bits per heavy atom. The molecule has 2 heterocycles. The Hall–Kier alpha value is -2.15. The van der Waals surface area contributed by atoms with Gasteiger partial charge in [0.1, 0.15) is 0 Å². The van der Waals surface area contributed by atoms with Crippen molar-refractivity contribution in [3.63, 3.8) is 0 Å². The number of thioether (sulfide) groups is 1. The normalized spacial score (nSPS) is 19.9. The van der Waals surface area contributed by atoms with Gasteiger partial charge in [-0.3, -0.25) is 14.6 Å². The first-order valence-corrected chi connectivity index (χ1v) is 10.3. The fourth-order valence-electron chi connectivity index (χ4n) is 3.22. The number of nitrogens with zero attached hydrogens (tertiary/aromatic N) is 4. The molecule has 2 aliphatic rings. The van der Waals surface area contributed by atoms with Crippen LogP contribution >= 0.6 is 11.8 Å². The van der Waals surface area contributed by atoms with Gasteiger partial charge in [-0.25, -0.2) is 9.37 Å². The summed E-state index contributed by atoms with van der Waals surface area (Å²) in [4.78, 5) is 32.5. The highest BCUT2D eigenvalue weighted by atomic mass is 32.2. The molecule has 3 amide bonds. The Labute approximate surface area is 164 Å². The monoisotopic (exact) mass is 387 g/mol. The van der Waals surface area contributed by atoms with E-state index in [1.807, 2.05) is 18.2 Å². The van der Waals surface area contributed by atoms with E-state index in [2.05, 4.69) is 30.6 Å². The molecule has 0 saturated carbocycles. The van der Waals surface area contributed by atoms with Gasteiger partial charge in [-0.15, -0.1) is 0 Å². The molecular formula is C20H27N4O2S+. The zero-order valence-corrected chi connectivity index (χ0v) is 17.2. The first-order chi connectivity index (χ1) is 12.9. The molecule has 6 nitrogen and oxygen atoms in total. The maximum atomic E-state index is 12.8. The van der Waals surface area contributed by atoms with E-state index in [0.29, 0.717) is 11.8 Å². The molecule has 1 unspecified atom stereocenters.